The highest BCUT2D eigenvalue weighted by atomic mass is 35.5. The van der Waals surface area contributed by atoms with Gasteiger partial charge in [0.1, 0.15) is 5.75 Å². The lowest BCUT2D eigenvalue weighted by molar-refractivity contribution is 0.101. The lowest BCUT2D eigenvalue weighted by Gasteiger charge is -2.16. The van der Waals surface area contributed by atoms with Crippen LogP contribution in [0.3, 0.4) is 0 Å². The summed E-state index contributed by atoms with van der Waals surface area (Å²) in [5, 5.41) is 0.675. The van der Waals surface area contributed by atoms with Crippen LogP contribution in [-0.4, -0.2) is 19.8 Å². The molecule has 4 heteroatoms. The van der Waals surface area contributed by atoms with Crippen LogP contribution in [0.15, 0.2) is 18.2 Å². The van der Waals surface area contributed by atoms with E-state index in [0.29, 0.717) is 11.1 Å². The fourth-order valence-corrected chi connectivity index (χ4v) is 2.64. The van der Waals surface area contributed by atoms with E-state index in [1.54, 1.807) is 7.11 Å². The molecule has 0 saturated carbocycles. The molecule has 0 radical (unpaired) electrons. The normalized spacial score (nSPS) is 20.9. The molecule has 100 valence electrons. The van der Waals surface area contributed by atoms with E-state index in [9.17, 15) is 0 Å². The molecule has 0 aromatic heterocycles. The summed E-state index contributed by atoms with van der Waals surface area (Å²) in [5.41, 5.74) is 7.17. The lowest BCUT2D eigenvalue weighted by Crippen LogP contribution is -2.14. The van der Waals surface area contributed by atoms with Crippen LogP contribution >= 0.6 is 11.6 Å². The van der Waals surface area contributed by atoms with Crippen molar-refractivity contribution in [3.63, 3.8) is 0 Å². The van der Waals surface area contributed by atoms with Gasteiger partial charge in [-0.05, 0) is 43.4 Å². The van der Waals surface area contributed by atoms with Gasteiger partial charge < -0.3 is 15.2 Å². The highest BCUT2D eigenvalue weighted by Gasteiger charge is 2.18. The smallest absolute Gasteiger partial charge is 0.120 e. The van der Waals surface area contributed by atoms with Gasteiger partial charge in [-0.1, -0.05) is 17.7 Å². The summed E-state index contributed by atoms with van der Waals surface area (Å²) in [4.78, 5) is 0. The quantitative estimate of drug-likeness (QED) is 0.892. The Morgan fingerprint density at radius 1 is 1.56 bits per heavy atom. The summed E-state index contributed by atoms with van der Waals surface area (Å²) < 4.78 is 10.7. The van der Waals surface area contributed by atoms with Gasteiger partial charge in [-0.25, -0.2) is 0 Å². The summed E-state index contributed by atoms with van der Waals surface area (Å²) in [7, 11) is 1.63. The first-order chi connectivity index (χ1) is 8.70. The van der Waals surface area contributed by atoms with Gasteiger partial charge in [-0.15, -0.1) is 0 Å². The number of halogens is 1. The summed E-state index contributed by atoms with van der Waals surface area (Å²) in [5.74, 6) is 0.759. The Hall–Kier alpha value is -0.770. The predicted octanol–water partition coefficient (Wildman–Crippen LogP) is 3.31. The molecule has 1 saturated heterocycles. The third kappa shape index (κ3) is 3.37. The standard InChI is InChI=1S/C14H20ClNO2/c1-17-11-4-6-12(13(15)9-11)14(16)7-5-10-3-2-8-18-10/h4,6,9-10,14H,2-3,5,7-8,16H2,1H3. The van der Waals surface area contributed by atoms with E-state index in [-0.39, 0.29) is 6.04 Å². The molecular weight excluding hydrogens is 250 g/mol. The highest BCUT2D eigenvalue weighted by Crippen LogP contribution is 2.29. The number of nitrogens with two attached hydrogens (primary N) is 1. The molecule has 2 N–H and O–H groups in total. The van der Waals surface area contributed by atoms with Gasteiger partial charge in [-0.3, -0.25) is 0 Å². The Morgan fingerprint density at radius 3 is 3.00 bits per heavy atom. The lowest BCUT2D eigenvalue weighted by atomic mass is 10.00. The van der Waals surface area contributed by atoms with Crippen molar-refractivity contribution in [2.45, 2.75) is 37.8 Å². The molecule has 0 aliphatic carbocycles. The molecule has 1 aliphatic heterocycles. The molecule has 1 aromatic carbocycles. The van der Waals surface area contributed by atoms with E-state index < -0.39 is 0 Å². The van der Waals surface area contributed by atoms with Gasteiger partial charge in [0.2, 0.25) is 0 Å². The van der Waals surface area contributed by atoms with Gasteiger partial charge in [-0.2, -0.15) is 0 Å². The number of benzene rings is 1. The van der Waals surface area contributed by atoms with E-state index in [1.807, 2.05) is 18.2 Å². The van der Waals surface area contributed by atoms with Crippen molar-refractivity contribution in [1.82, 2.24) is 0 Å². The first kappa shape index (κ1) is 13.7. The van der Waals surface area contributed by atoms with Crippen molar-refractivity contribution >= 4 is 11.6 Å². The zero-order valence-corrected chi connectivity index (χ0v) is 11.5. The van der Waals surface area contributed by atoms with Crippen LogP contribution < -0.4 is 10.5 Å². The molecule has 2 rings (SSSR count). The SMILES string of the molecule is COc1ccc(C(N)CCC2CCCO2)c(Cl)c1. The van der Waals surface area contributed by atoms with E-state index in [2.05, 4.69) is 0 Å². The Kier molecular flexibility index (Phi) is 4.87. The molecule has 1 aromatic rings. The largest absolute Gasteiger partial charge is 0.497 e. The van der Waals surface area contributed by atoms with Gasteiger partial charge in [0.25, 0.3) is 0 Å². The molecule has 0 bridgehead atoms. The molecule has 0 amide bonds. The van der Waals surface area contributed by atoms with Crippen molar-refractivity contribution in [1.29, 1.82) is 0 Å². The van der Waals surface area contributed by atoms with Crippen LogP contribution in [0.2, 0.25) is 5.02 Å². The number of methoxy groups -OCH3 is 1. The molecule has 2 atom stereocenters. The summed E-state index contributed by atoms with van der Waals surface area (Å²) in [6.45, 7) is 0.892. The maximum Gasteiger partial charge on any atom is 0.120 e. The fraction of sp³-hybridized carbons (Fsp3) is 0.571. The maximum absolute atomic E-state index is 6.21. The maximum atomic E-state index is 6.21. The predicted molar refractivity (Wildman–Crippen MR) is 73.1 cm³/mol. The second-order valence-electron chi connectivity index (χ2n) is 4.71. The van der Waals surface area contributed by atoms with Crippen molar-refractivity contribution in [2.75, 3.05) is 13.7 Å². The van der Waals surface area contributed by atoms with Crippen LogP contribution in [-0.2, 0) is 4.74 Å². The monoisotopic (exact) mass is 269 g/mol. The fourth-order valence-electron chi connectivity index (χ4n) is 2.33. The Labute approximate surface area is 113 Å². The van der Waals surface area contributed by atoms with E-state index in [4.69, 9.17) is 26.8 Å². The van der Waals surface area contributed by atoms with Crippen molar-refractivity contribution < 1.29 is 9.47 Å². The van der Waals surface area contributed by atoms with Crippen molar-refractivity contribution in [3.8, 4) is 5.75 Å². The van der Waals surface area contributed by atoms with Crippen LogP contribution in [0.25, 0.3) is 0 Å². The minimum atomic E-state index is -0.0346. The number of ether oxygens (including phenoxy) is 2. The molecule has 3 nitrogen and oxygen atoms in total. The summed E-state index contributed by atoms with van der Waals surface area (Å²) in [6, 6.07) is 5.62. The van der Waals surface area contributed by atoms with Crippen molar-refractivity contribution in [2.24, 2.45) is 5.73 Å². The molecule has 1 heterocycles. The van der Waals surface area contributed by atoms with E-state index in [0.717, 1.165) is 37.2 Å². The van der Waals surface area contributed by atoms with Gasteiger partial charge in [0.15, 0.2) is 0 Å². The molecular formula is C14H20ClNO2. The zero-order chi connectivity index (χ0) is 13.0. The van der Waals surface area contributed by atoms with Gasteiger partial charge in [0.05, 0.1) is 13.2 Å². The topological polar surface area (TPSA) is 44.5 Å². The van der Waals surface area contributed by atoms with Crippen LogP contribution in [0, 0.1) is 0 Å². The molecule has 1 aliphatic rings. The van der Waals surface area contributed by atoms with Crippen LogP contribution in [0.4, 0.5) is 0 Å². The van der Waals surface area contributed by atoms with E-state index >= 15 is 0 Å². The second-order valence-corrected chi connectivity index (χ2v) is 5.11. The van der Waals surface area contributed by atoms with Crippen LogP contribution in [0.5, 0.6) is 5.75 Å². The second kappa shape index (κ2) is 6.41. The number of rotatable bonds is 5. The summed E-state index contributed by atoms with van der Waals surface area (Å²) >= 11 is 6.21. The Balaban J connectivity index is 1.93. The first-order valence-corrected chi connectivity index (χ1v) is 6.79. The van der Waals surface area contributed by atoms with Gasteiger partial charge >= 0.3 is 0 Å². The van der Waals surface area contributed by atoms with E-state index in [1.165, 1.54) is 6.42 Å². The highest BCUT2D eigenvalue weighted by molar-refractivity contribution is 6.31. The average Bonchev–Trinajstić information content (AvgIpc) is 2.88. The number of hydrogen-bond donors (Lipinski definition) is 1. The third-order valence-corrected chi connectivity index (χ3v) is 3.76. The zero-order valence-electron chi connectivity index (χ0n) is 10.7. The molecule has 18 heavy (non-hydrogen) atoms. The molecule has 1 fully saturated rings. The summed E-state index contributed by atoms with van der Waals surface area (Å²) in [6.07, 6.45) is 4.61. The average molecular weight is 270 g/mol. The Bertz CT molecular complexity index is 391. The Morgan fingerprint density at radius 2 is 2.39 bits per heavy atom. The minimum absolute atomic E-state index is 0.0346. The molecule has 2 unspecified atom stereocenters. The van der Waals surface area contributed by atoms with Crippen LogP contribution in [0.1, 0.15) is 37.3 Å². The van der Waals surface area contributed by atoms with Gasteiger partial charge in [0, 0.05) is 17.7 Å². The minimum Gasteiger partial charge on any atom is -0.497 e. The van der Waals surface area contributed by atoms with Crippen molar-refractivity contribution in [3.05, 3.63) is 28.8 Å². The third-order valence-electron chi connectivity index (χ3n) is 3.43. The first-order valence-electron chi connectivity index (χ1n) is 6.41. The molecule has 0 spiro atoms. The number of hydrogen-bond acceptors (Lipinski definition) is 3.